The second-order valence-electron chi connectivity index (χ2n) is 5.67. The molecule has 1 rings (SSSR count). The van der Waals surface area contributed by atoms with E-state index in [4.69, 9.17) is 5.11 Å². The molecule has 94 valence electrons. The van der Waals surface area contributed by atoms with Crippen molar-refractivity contribution in [3.8, 4) is 0 Å². The van der Waals surface area contributed by atoms with Gasteiger partial charge in [-0.3, -0.25) is 0 Å². The predicted molar refractivity (Wildman–Crippen MR) is 63.5 cm³/mol. The van der Waals surface area contributed by atoms with E-state index in [1.807, 2.05) is 0 Å². The highest BCUT2D eigenvalue weighted by Crippen LogP contribution is 2.45. The molecule has 2 atom stereocenters. The van der Waals surface area contributed by atoms with Gasteiger partial charge in [-0.05, 0) is 36.5 Å². The van der Waals surface area contributed by atoms with Crippen molar-refractivity contribution in [1.29, 1.82) is 0 Å². The molecule has 1 aliphatic carbocycles. The van der Waals surface area contributed by atoms with Crippen LogP contribution in [-0.4, -0.2) is 17.9 Å². The summed E-state index contributed by atoms with van der Waals surface area (Å²) >= 11 is 0. The van der Waals surface area contributed by atoms with E-state index in [-0.39, 0.29) is 0 Å². The summed E-state index contributed by atoms with van der Waals surface area (Å²) in [4.78, 5) is 10.3. The summed E-state index contributed by atoms with van der Waals surface area (Å²) in [6.07, 6.45) is 4.75. The lowest BCUT2D eigenvalue weighted by molar-refractivity contribution is 0.0638. The van der Waals surface area contributed by atoms with Gasteiger partial charge in [0.25, 0.3) is 0 Å². The summed E-state index contributed by atoms with van der Waals surface area (Å²) < 4.78 is 4.59. The Morgan fingerprint density at radius 2 is 2.25 bits per heavy atom. The molecule has 1 aliphatic rings. The first-order chi connectivity index (χ1) is 7.44. The molecule has 0 aromatic rings. The van der Waals surface area contributed by atoms with Crippen molar-refractivity contribution in [1.82, 2.24) is 0 Å². The summed E-state index contributed by atoms with van der Waals surface area (Å²) in [7, 11) is 0. The fourth-order valence-electron chi connectivity index (χ4n) is 2.74. The van der Waals surface area contributed by atoms with E-state index < -0.39 is 6.16 Å². The zero-order valence-electron chi connectivity index (χ0n) is 10.7. The third kappa shape index (κ3) is 3.69. The molecule has 3 heteroatoms. The minimum atomic E-state index is -1.15. The lowest BCUT2D eigenvalue weighted by Crippen LogP contribution is -2.31. The molecule has 0 radical (unpaired) electrons. The first-order valence-electron chi connectivity index (χ1n) is 6.30. The van der Waals surface area contributed by atoms with Crippen molar-refractivity contribution in [3.05, 3.63) is 0 Å². The summed E-state index contributed by atoms with van der Waals surface area (Å²) in [5, 5.41) is 8.41. The molecule has 1 N–H and O–H groups in total. The van der Waals surface area contributed by atoms with Gasteiger partial charge in [-0.15, -0.1) is 0 Å². The number of carbonyl (C=O) groups is 1. The van der Waals surface area contributed by atoms with Gasteiger partial charge in [-0.25, -0.2) is 4.79 Å². The van der Waals surface area contributed by atoms with E-state index in [1.165, 1.54) is 25.7 Å². The minimum absolute atomic E-state index is 0.355. The van der Waals surface area contributed by atoms with E-state index in [1.54, 1.807) is 0 Å². The van der Waals surface area contributed by atoms with Crippen molar-refractivity contribution in [2.75, 3.05) is 6.61 Å². The summed E-state index contributed by atoms with van der Waals surface area (Å²) in [6.45, 7) is 7.29. The molecule has 1 saturated carbocycles. The SMILES string of the molecule is CC(C)C1(C)CCCC(CCOC(=O)O)C1. The van der Waals surface area contributed by atoms with Crippen molar-refractivity contribution < 1.29 is 14.6 Å². The fourth-order valence-corrected chi connectivity index (χ4v) is 2.74. The Kier molecular flexibility index (Phi) is 4.63. The highest BCUT2D eigenvalue weighted by molar-refractivity contribution is 5.56. The van der Waals surface area contributed by atoms with Gasteiger partial charge >= 0.3 is 6.16 Å². The summed E-state index contributed by atoms with van der Waals surface area (Å²) in [5.74, 6) is 1.34. The average molecular weight is 228 g/mol. The molecule has 0 spiro atoms. The molecule has 1 fully saturated rings. The van der Waals surface area contributed by atoms with Gasteiger partial charge in [0.1, 0.15) is 0 Å². The van der Waals surface area contributed by atoms with Crippen LogP contribution in [0.2, 0.25) is 0 Å². The zero-order valence-corrected chi connectivity index (χ0v) is 10.7. The van der Waals surface area contributed by atoms with Gasteiger partial charge in [0.15, 0.2) is 0 Å². The largest absolute Gasteiger partial charge is 0.505 e. The molecule has 0 aromatic carbocycles. The standard InChI is InChI=1S/C13H24O3/c1-10(2)13(3)7-4-5-11(9-13)6-8-16-12(14)15/h10-11H,4-9H2,1-3H3,(H,14,15). The summed E-state index contributed by atoms with van der Waals surface area (Å²) in [5.41, 5.74) is 0.437. The second kappa shape index (κ2) is 5.55. The maximum Gasteiger partial charge on any atom is 0.505 e. The van der Waals surface area contributed by atoms with Crippen LogP contribution in [0.15, 0.2) is 0 Å². The molecule has 0 bridgehead atoms. The highest BCUT2D eigenvalue weighted by atomic mass is 16.7. The molecule has 0 aliphatic heterocycles. The highest BCUT2D eigenvalue weighted by Gasteiger charge is 2.34. The van der Waals surface area contributed by atoms with Crippen molar-refractivity contribution in [2.45, 2.75) is 52.9 Å². The Bertz CT molecular complexity index is 237. The van der Waals surface area contributed by atoms with Crippen LogP contribution in [-0.2, 0) is 4.74 Å². The van der Waals surface area contributed by atoms with Crippen LogP contribution in [0.4, 0.5) is 4.79 Å². The van der Waals surface area contributed by atoms with Crippen LogP contribution >= 0.6 is 0 Å². The van der Waals surface area contributed by atoms with Crippen molar-refractivity contribution in [3.63, 3.8) is 0 Å². The molecule has 3 nitrogen and oxygen atoms in total. The van der Waals surface area contributed by atoms with Gasteiger partial charge < -0.3 is 9.84 Å². The Morgan fingerprint density at radius 1 is 1.56 bits per heavy atom. The minimum Gasteiger partial charge on any atom is -0.450 e. The van der Waals surface area contributed by atoms with E-state index in [0.29, 0.717) is 23.9 Å². The quantitative estimate of drug-likeness (QED) is 0.742. The molecule has 0 aromatic heterocycles. The van der Waals surface area contributed by atoms with Gasteiger partial charge in [0.05, 0.1) is 6.61 Å². The van der Waals surface area contributed by atoms with Crippen LogP contribution in [0.5, 0.6) is 0 Å². The van der Waals surface area contributed by atoms with E-state index in [2.05, 4.69) is 25.5 Å². The monoisotopic (exact) mass is 228 g/mol. The molecule has 0 amide bonds. The van der Waals surface area contributed by atoms with Crippen LogP contribution in [0, 0.1) is 17.3 Å². The Morgan fingerprint density at radius 3 is 2.81 bits per heavy atom. The van der Waals surface area contributed by atoms with Gasteiger partial charge in [0, 0.05) is 0 Å². The Balaban J connectivity index is 2.36. The first kappa shape index (κ1) is 13.3. The molecular formula is C13H24O3. The van der Waals surface area contributed by atoms with E-state index in [0.717, 1.165) is 6.42 Å². The Hall–Kier alpha value is -0.730. The third-order valence-electron chi connectivity index (χ3n) is 4.26. The van der Waals surface area contributed by atoms with Crippen LogP contribution in [0.1, 0.15) is 52.9 Å². The second-order valence-corrected chi connectivity index (χ2v) is 5.67. The lowest BCUT2D eigenvalue weighted by atomic mass is 9.64. The number of rotatable bonds is 4. The van der Waals surface area contributed by atoms with Crippen molar-refractivity contribution in [2.24, 2.45) is 17.3 Å². The number of hydrogen-bond acceptors (Lipinski definition) is 2. The zero-order chi connectivity index (χ0) is 12.2. The maximum absolute atomic E-state index is 10.3. The third-order valence-corrected chi connectivity index (χ3v) is 4.26. The maximum atomic E-state index is 10.3. The van der Waals surface area contributed by atoms with Gasteiger partial charge in [-0.2, -0.15) is 0 Å². The molecule has 16 heavy (non-hydrogen) atoms. The average Bonchev–Trinajstić information content (AvgIpc) is 2.17. The van der Waals surface area contributed by atoms with E-state index >= 15 is 0 Å². The normalized spacial score (nSPS) is 30.4. The van der Waals surface area contributed by atoms with Crippen LogP contribution in [0.3, 0.4) is 0 Å². The molecule has 2 unspecified atom stereocenters. The number of carboxylic acid groups (broad SMARTS) is 1. The predicted octanol–water partition coefficient (Wildman–Crippen LogP) is 3.92. The molecule has 0 saturated heterocycles. The number of ether oxygens (including phenoxy) is 1. The molecular weight excluding hydrogens is 204 g/mol. The van der Waals surface area contributed by atoms with Gasteiger partial charge in [0.2, 0.25) is 0 Å². The summed E-state index contributed by atoms with van der Waals surface area (Å²) in [6, 6.07) is 0. The van der Waals surface area contributed by atoms with Crippen LogP contribution in [0.25, 0.3) is 0 Å². The molecule has 0 heterocycles. The number of hydrogen-bond donors (Lipinski definition) is 1. The Labute approximate surface area is 98.2 Å². The van der Waals surface area contributed by atoms with E-state index in [9.17, 15) is 4.79 Å². The topological polar surface area (TPSA) is 46.5 Å². The smallest absolute Gasteiger partial charge is 0.450 e. The van der Waals surface area contributed by atoms with Crippen molar-refractivity contribution >= 4 is 6.16 Å². The lowest BCUT2D eigenvalue weighted by Gasteiger charge is -2.41. The van der Waals surface area contributed by atoms with Gasteiger partial charge in [-0.1, -0.05) is 33.6 Å². The fraction of sp³-hybridized carbons (Fsp3) is 0.923. The van der Waals surface area contributed by atoms with Crippen LogP contribution < -0.4 is 0 Å². The first-order valence-corrected chi connectivity index (χ1v) is 6.30.